The molecule has 1 aliphatic rings. The maximum atomic E-state index is 13.2. The number of quaternary nitrogens is 1. The smallest absolute Gasteiger partial charge is 0.307 e. The van der Waals surface area contributed by atoms with Crippen LogP contribution in [0.3, 0.4) is 0 Å². The van der Waals surface area contributed by atoms with Gasteiger partial charge >= 0.3 is 5.91 Å². The summed E-state index contributed by atoms with van der Waals surface area (Å²) in [6.07, 6.45) is 9.10. The van der Waals surface area contributed by atoms with Gasteiger partial charge in [-0.2, -0.15) is 0 Å². The second kappa shape index (κ2) is 11.2. The van der Waals surface area contributed by atoms with E-state index in [1.165, 1.54) is 6.33 Å². The Morgan fingerprint density at radius 2 is 1.97 bits per heavy atom. The first-order chi connectivity index (χ1) is 15.9. The summed E-state index contributed by atoms with van der Waals surface area (Å²) in [6, 6.07) is 0. The van der Waals surface area contributed by atoms with Crippen LogP contribution in [-0.2, 0) is 4.79 Å². The van der Waals surface area contributed by atoms with Gasteiger partial charge in [0.15, 0.2) is 11.5 Å². The van der Waals surface area contributed by atoms with E-state index < -0.39 is 5.91 Å². The van der Waals surface area contributed by atoms with Crippen LogP contribution in [0.1, 0.15) is 34.9 Å². The van der Waals surface area contributed by atoms with E-state index >= 15 is 0 Å². The van der Waals surface area contributed by atoms with Crippen molar-refractivity contribution in [1.82, 2.24) is 35.5 Å². The highest BCUT2D eigenvalue weighted by molar-refractivity contribution is 6.04. The van der Waals surface area contributed by atoms with Crippen molar-refractivity contribution in [2.24, 2.45) is 0 Å². The minimum atomic E-state index is -0.580. The van der Waals surface area contributed by atoms with Crippen molar-refractivity contribution in [1.29, 1.82) is 5.41 Å². The van der Waals surface area contributed by atoms with Crippen molar-refractivity contribution in [3.8, 4) is 0 Å². The number of carbonyl (C=O) groups is 2. The average molecular weight is 454 g/mol. The molecule has 0 radical (unpaired) electrons. The van der Waals surface area contributed by atoms with Crippen LogP contribution in [0.5, 0.6) is 0 Å². The van der Waals surface area contributed by atoms with Crippen molar-refractivity contribution in [3.63, 3.8) is 0 Å². The summed E-state index contributed by atoms with van der Waals surface area (Å²) in [5.41, 5.74) is 1.60. The molecule has 0 aromatic carbocycles. The number of anilines is 2. The Hall–Kier alpha value is -3.77. The van der Waals surface area contributed by atoms with Crippen molar-refractivity contribution in [2.45, 2.75) is 18.8 Å². The zero-order valence-electron chi connectivity index (χ0n) is 18.9. The molecule has 12 heteroatoms. The van der Waals surface area contributed by atoms with E-state index in [4.69, 9.17) is 5.41 Å². The molecule has 0 spiro atoms. The first-order valence-corrected chi connectivity index (χ1v) is 10.6. The lowest BCUT2D eigenvalue weighted by atomic mass is 10.2. The fraction of sp³-hybridized carbons (Fsp3) is 0.381. The predicted octanol–water partition coefficient (Wildman–Crippen LogP) is -0.650. The number of aromatic nitrogens is 4. The van der Waals surface area contributed by atoms with Crippen molar-refractivity contribution in [2.75, 3.05) is 39.5 Å². The standard InChI is InChI=1S/C21H28N10O2/c1-23-17(20(32)26-6-7-31(2)3)15(8-22)30-21(33)18-19(28-14-9-24-12-25-10-14)27-11-16(29-18)13-4-5-13/h8-13,22-23H,4-7H2,1-3H3,(H,26,32)(H,27,28)(H,30,33)/p+1/b17-15+,22-8?. The van der Waals surface area contributed by atoms with Gasteiger partial charge in [0.2, 0.25) is 5.70 Å². The number of nitrogens with one attached hydrogen (secondary N) is 4. The molecule has 0 bridgehead atoms. The zero-order valence-corrected chi connectivity index (χ0v) is 18.9. The van der Waals surface area contributed by atoms with Gasteiger partial charge < -0.3 is 31.6 Å². The van der Waals surface area contributed by atoms with Crippen LogP contribution in [0.15, 0.2) is 36.3 Å². The van der Waals surface area contributed by atoms with E-state index in [1.54, 1.807) is 31.0 Å². The lowest BCUT2D eigenvalue weighted by Gasteiger charge is -2.14. The SMILES string of the molecule is C[NH2+]/C(C(=O)NCCN(C)C)=C(\C=N)NC(=O)c1nc(C2CC2)cnc1Nc1cncnc1. The van der Waals surface area contributed by atoms with E-state index in [0.29, 0.717) is 18.8 Å². The minimum Gasteiger partial charge on any atom is -0.346 e. The number of nitrogens with two attached hydrogens (primary N) is 1. The Balaban J connectivity index is 1.85. The van der Waals surface area contributed by atoms with E-state index in [-0.39, 0.29) is 34.7 Å². The lowest BCUT2D eigenvalue weighted by Crippen LogP contribution is -2.81. The first-order valence-electron chi connectivity index (χ1n) is 10.6. The summed E-state index contributed by atoms with van der Waals surface area (Å²) >= 11 is 0. The second-order valence-corrected chi connectivity index (χ2v) is 7.79. The summed E-state index contributed by atoms with van der Waals surface area (Å²) in [7, 11) is 5.48. The molecule has 1 fully saturated rings. The molecule has 1 aliphatic carbocycles. The molecule has 2 heterocycles. The van der Waals surface area contributed by atoms with Gasteiger partial charge in [0.05, 0.1) is 37.0 Å². The summed E-state index contributed by atoms with van der Waals surface area (Å²) in [5, 5.41) is 17.8. The number of carbonyl (C=O) groups excluding carboxylic acids is 2. The monoisotopic (exact) mass is 453 g/mol. The van der Waals surface area contributed by atoms with Gasteiger partial charge in [-0.25, -0.2) is 19.9 Å². The summed E-state index contributed by atoms with van der Waals surface area (Å²) in [6.45, 7) is 1.10. The fourth-order valence-corrected chi connectivity index (χ4v) is 2.99. The van der Waals surface area contributed by atoms with Crippen molar-refractivity contribution in [3.05, 3.63) is 47.7 Å². The molecule has 174 valence electrons. The number of nitrogens with zero attached hydrogens (tertiary/aromatic N) is 5. The zero-order chi connectivity index (χ0) is 23.8. The molecule has 0 unspecified atom stereocenters. The number of amides is 2. The summed E-state index contributed by atoms with van der Waals surface area (Å²) in [5.74, 6) is -0.439. The van der Waals surface area contributed by atoms with E-state index in [9.17, 15) is 9.59 Å². The molecule has 0 atom stereocenters. The van der Waals surface area contributed by atoms with E-state index in [1.807, 2.05) is 19.0 Å². The van der Waals surface area contributed by atoms with Gasteiger partial charge in [-0.1, -0.05) is 0 Å². The molecule has 0 aliphatic heterocycles. The lowest BCUT2D eigenvalue weighted by molar-refractivity contribution is -0.570. The van der Waals surface area contributed by atoms with E-state index in [0.717, 1.165) is 24.8 Å². The van der Waals surface area contributed by atoms with Gasteiger partial charge in [0.25, 0.3) is 5.91 Å². The molecule has 33 heavy (non-hydrogen) atoms. The highest BCUT2D eigenvalue weighted by Crippen LogP contribution is 2.39. The maximum Gasteiger partial charge on any atom is 0.307 e. The Kier molecular flexibility index (Phi) is 8.11. The molecule has 1 saturated carbocycles. The third-order valence-electron chi connectivity index (χ3n) is 4.89. The molecule has 2 aromatic heterocycles. The maximum absolute atomic E-state index is 13.2. The summed E-state index contributed by atoms with van der Waals surface area (Å²) in [4.78, 5) is 44.6. The molecule has 2 aromatic rings. The normalized spacial score (nSPS) is 13.8. The van der Waals surface area contributed by atoms with Crippen LogP contribution in [0, 0.1) is 5.41 Å². The van der Waals surface area contributed by atoms with Crippen LogP contribution in [-0.4, -0.2) is 77.1 Å². The predicted molar refractivity (Wildman–Crippen MR) is 122 cm³/mol. The molecule has 0 saturated heterocycles. The molecular formula is C21H29N10O2+. The largest absolute Gasteiger partial charge is 0.346 e. The quantitative estimate of drug-likeness (QED) is 0.221. The molecule has 12 nitrogen and oxygen atoms in total. The topological polar surface area (TPSA) is 165 Å². The van der Waals surface area contributed by atoms with Crippen LogP contribution in [0.4, 0.5) is 11.5 Å². The van der Waals surface area contributed by atoms with E-state index in [2.05, 4.69) is 35.9 Å². The molecule has 6 N–H and O–H groups in total. The van der Waals surface area contributed by atoms with Gasteiger partial charge in [0, 0.05) is 25.2 Å². The van der Waals surface area contributed by atoms with Gasteiger partial charge in [0.1, 0.15) is 12.0 Å². The van der Waals surface area contributed by atoms with Gasteiger partial charge in [-0.05, 0) is 26.9 Å². The number of allylic oxidation sites excluding steroid dienone is 1. The number of rotatable bonds is 11. The number of likely N-dealkylation sites (N-methyl/N-ethyl adjacent to an activating group) is 2. The highest BCUT2D eigenvalue weighted by atomic mass is 16.2. The third-order valence-corrected chi connectivity index (χ3v) is 4.89. The van der Waals surface area contributed by atoms with Gasteiger partial charge in [-0.15, -0.1) is 0 Å². The Bertz CT molecular complexity index is 1030. The first kappa shape index (κ1) is 23.9. The third kappa shape index (κ3) is 6.60. The Morgan fingerprint density at radius 3 is 2.58 bits per heavy atom. The fourth-order valence-electron chi connectivity index (χ4n) is 2.99. The second-order valence-electron chi connectivity index (χ2n) is 7.79. The van der Waals surface area contributed by atoms with Crippen molar-refractivity contribution < 1.29 is 14.9 Å². The summed E-state index contributed by atoms with van der Waals surface area (Å²) < 4.78 is 0. The number of hydrogen-bond acceptors (Lipinski definition) is 9. The molecular weight excluding hydrogens is 424 g/mol. The Labute approximate surface area is 191 Å². The van der Waals surface area contributed by atoms with Crippen molar-refractivity contribution >= 4 is 29.5 Å². The Morgan fingerprint density at radius 1 is 1.24 bits per heavy atom. The number of hydrogen-bond donors (Lipinski definition) is 5. The molecule has 3 rings (SSSR count). The van der Waals surface area contributed by atoms with Crippen LogP contribution in [0.2, 0.25) is 0 Å². The minimum absolute atomic E-state index is 0.0612. The van der Waals surface area contributed by atoms with Crippen LogP contribution < -0.4 is 21.3 Å². The van der Waals surface area contributed by atoms with Crippen LogP contribution >= 0.6 is 0 Å². The van der Waals surface area contributed by atoms with Gasteiger partial charge in [-0.3, -0.25) is 9.59 Å². The highest BCUT2D eigenvalue weighted by Gasteiger charge is 2.28. The molecule has 2 amide bonds. The average Bonchev–Trinajstić information content (AvgIpc) is 3.65. The van der Waals surface area contributed by atoms with Crippen LogP contribution in [0.25, 0.3) is 0 Å².